The highest BCUT2D eigenvalue weighted by atomic mass is 32.1. The van der Waals surface area contributed by atoms with Crippen LogP contribution >= 0.6 is 11.3 Å². The fourth-order valence-corrected chi connectivity index (χ4v) is 3.11. The number of hydrogen-bond acceptors (Lipinski definition) is 3. The number of aliphatic hydroxyl groups excluding tert-OH is 1. The quantitative estimate of drug-likeness (QED) is 0.788. The summed E-state index contributed by atoms with van der Waals surface area (Å²) in [7, 11) is 0. The lowest BCUT2D eigenvalue weighted by molar-refractivity contribution is 0.173. The molecule has 0 aliphatic carbocycles. The van der Waals surface area contributed by atoms with Gasteiger partial charge in [0.05, 0.1) is 22.9 Å². The molecule has 1 aromatic carbocycles. The Morgan fingerprint density at radius 1 is 1.32 bits per heavy atom. The molecular weight excluding hydrogens is 256 g/mol. The van der Waals surface area contributed by atoms with Crippen molar-refractivity contribution in [3.05, 3.63) is 53.3 Å². The monoisotopic (exact) mass is 272 g/mol. The number of fused-ring (bicyclic) bond motifs is 1. The summed E-state index contributed by atoms with van der Waals surface area (Å²) in [4.78, 5) is 4.62. The Bertz CT molecular complexity index is 653. The highest BCUT2D eigenvalue weighted by Gasteiger charge is 2.08. The number of benzene rings is 1. The van der Waals surface area contributed by atoms with Crippen molar-refractivity contribution in [1.82, 2.24) is 9.55 Å². The summed E-state index contributed by atoms with van der Waals surface area (Å²) < 4.78 is 3.30. The summed E-state index contributed by atoms with van der Waals surface area (Å²) in [5, 5.41) is 10.9. The number of aliphatic hydroxyl groups is 1. The van der Waals surface area contributed by atoms with Crippen molar-refractivity contribution in [2.24, 2.45) is 0 Å². The van der Waals surface area contributed by atoms with Crippen LogP contribution in [-0.4, -0.2) is 14.7 Å². The number of hydrogen-bond donors (Lipinski definition) is 1. The van der Waals surface area contributed by atoms with Gasteiger partial charge in [0.25, 0.3) is 0 Å². The van der Waals surface area contributed by atoms with Gasteiger partial charge in [0.1, 0.15) is 5.01 Å². The number of nitrogens with zero attached hydrogens (tertiary/aromatic N) is 2. The van der Waals surface area contributed by atoms with Gasteiger partial charge in [-0.1, -0.05) is 19.1 Å². The third-order valence-electron chi connectivity index (χ3n) is 3.20. The van der Waals surface area contributed by atoms with Crippen molar-refractivity contribution in [3.8, 4) is 0 Å². The molecule has 0 fully saturated rings. The standard InChI is InChI=1S/C15H16N2OS/c1-2-13(18)11-7-8-17(9-11)10-15-16-12-5-3-4-6-14(12)19-15/h3-9,13,18H,2,10H2,1H3. The van der Waals surface area contributed by atoms with Crippen molar-refractivity contribution < 1.29 is 5.11 Å². The first-order chi connectivity index (χ1) is 9.26. The Morgan fingerprint density at radius 3 is 2.95 bits per heavy atom. The van der Waals surface area contributed by atoms with Crippen LogP contribution in [0.3, 0.4) is 0 Å². The maximum atomic E-state index is 9.80. The van der Waals surface area contributed by atoms with Crippen LogP contribution in [0.2, 0.25) is 0 Å². The van der Waals surface area contributed by atoms with E-state index in [4.69, 9.17) is 0 Å². The average Bonchev–Trinajstić information content (AvgIpc) is 3.04. The third kappa shape index (κ3) is 2.55. The second-order valence-electron chi connectivity index (χ2n) is 4.62. The molecule has 1 unspecified atom stereocenters. The molecule has 4 heteroatoms. The minimum absolute atomic E-state index is 0.364. The van der Waals surface area contributed by atoms with Gasteiger partial charge >= 0.3 is 0 Å². The lowest BCUT2D eigenvalue weighted by Gasteiger charge is -2.03. The van der Waals surface area contributed by atoms with Gasteiger partial charge in [0.15, 0.2) is 0 Å². The smallest absolute Gasteiger partial charge is 0.114 e. The molecule has 0 aliphatic rings. The molecule has 3 nitrogen and oxygen atoms in total. The summed E-state index contributed by atoms with van der Waals surface area (Å²) >= 11 is 1.72. The Hall–Kier alpha value is -1.65. The predicted molar refractivity (Wildman–Crippen MR) is 78.4 cm³/mol. The molecule has 1 N–H and O–H groups in total. The zero-order chi connectivity index (χ0) is 13.2. The van der Waals surface area contributed by atoms with E-state index in [0.29, 0.717) is 0 Å². The first kappa shape index (κ1) is 12.4. The molecule has 3 rings (SSSR count). The third-order valence-corrected chi connectivity index (χ3v) is 4.22. The second-order valence-corrected chi connectivity index (χ2v) is 5.73. The highest BCUT2D eigenvalue weighted by molar-refractivity contribution is 7.18. The average molecular weight is 272 g/mol. The van der Waals surface area contributed by atoms with Crippen molar-refractivity contribution in [2.45, 2.75) is 26.0 Å². The van der Waals surface area contributed by atoms with Gasteiger partial charge in [-0.2, -0.15) is 0 Å². The number of aromatic nitrogens is 2. The van der Waals surface area contributed by atoms with E-state index < -0.39 is 0 Å². The molecule has 0 bridgehead atoms. The SMILES string of the molecule is CCC(O)c1ccn(Cc2nc3ccccc3s2)c1. The Balaban J connectivity index is 1.82. The molecule has 0 saturated carbocycles. The number of para-hydroxylation sites is 1. The van der Waals surface area contributed by atoms with Crippen molar-refractivity contribution in [1.29, 1.82) is 0 Å². The van der Waals surface area contributed by atoms with Gasteiger partial charge in [-0.25, -0.2) is 4.98 Å². The maximum absolute atomic E-state index is 9.80. The van der Waals surface area contributed by atoms with Crippen LogP contribution in [0.1, 0.15) is 30.0 Å². The summed E-state index contributed by atoms with van der Waals surface area (Å²) in [6.07, 6.45) is 4.38. The minimum atomic E-state index is -0.364. The van der Waals surface area contributed by atoms with Crippen LogP contribution in [0.5, 0.6) is 0 Å². The van der Waals surface area contributed by atoms with Gasteiger partial charge in [0, 0.05) is 12.4 Å². The first-order valence-corrected chi connectivity index (χ1v) is 7.26. The molecule has 19 heavy (non-hydrogen) atoms. The van der Waals surface area contributed by atoms with Gasteiger partial charge in [-0.3, -0.25) is 0 Å². The summed E-state index contributed by atoms with van der Waals surface area (Å²) in [5.41, 5.74) is 2.03. The highest BCUT2D eigenvalue weighted by Crippen LogP contribution is 2.23. The molecular formula is C15H16N2OS. The molecule has 2 aromatic heterocycles. The van der Waals surface area contributed by atoms with E-state index in [9.17, 15) is 5.11 Å². The van der Waals surface area contributed by atoms with Crippen molar-refractivity contribution >= 4 is 21.6 Å². The van der Waals surface area contributed by atoms with Crippen LogP contribution in [0.25, 0.3) is 10.2 Å². The molecule has 98 valence electrons. The van der Waals surface area contributed by atoms with E-state index in [1.165, 1.54) is 4.70 Å². The zero-order valence-electron chi connectivity index (χ0n) is 10.8. The molecule has 0 aliphatic heterocycles. The van der Waals surface area contributed by atoms with Crippen molar-refractivity contribution in [3.63, 3.8) is 0 Å². The molecule has 0 spiro atoms. The topological polar surface area (TPSA) is 38.0 Å². The van der Waals surface area contributed by atoms with Gasteiger partial charge in [0.2, 0.25) is 0 Å². The van der Waals surface area contributed by atoms with Gasteiger partial charge in [-0.05, 0) is 30.2 Å². The van der Waals surface area contributed by atoms with Gasteiger partial charge in [-0.15, -0.1) is 11.3 Å². The van der Waals surface area contributed by atoms with Crippen LogP contribution in [-0.2, 0) is 6.54 Å². The Labute approximate surface area is 116 Å². The van der Waals surface area contributed by atoms with E-state index in [-0.39, 0.29) is 6.10 Å². The van der Waals surface area contributed by atoms with E-state index in [1.807, 2.05) is 43.6 Å². The predicted octanol–water partition coefficient (Wildman–Crippen LogP) is 3.59. The molecule has 3 aromatic rings. The lowest BCUT2D eigenvalue weighted by atomic mass is 10.1. The van der Waals surface area contributed by atoms with Crippen LogP contribution in [0.15, 0.2) is 42.7 Å². The Kier molecular flexibility index (Phi) is 3.36. The largest absolute Gasteiger partial charge is 0.388 e. The maximum Gasteiger partial charge on any atom is 0.114 e. The summed E-state index contributed by atoms with van der Waals surface area (Å²) in [5.74, 6) is 0. The minimum Gasteiger partial charge on any atom is -0.388 e. The number of thiazole rings is 1. The molecule has 0 amide bonds. The van der Waals surface area contributed by atoms with E-state index >= 15 is 0 Å². The molecule has 2 heterocycles. The van der Waals surface area contributed by atoms with E-state index in [2.05, 4.69) is 15.6 Å². The molecule has 1 atom stereocenters. The van der Waals surface area contributed by atoms with E-state index in [0.717, 1.165) is 29.1 Å². The van der Waals surface area contributed by atoms with Crippen molar-refractivity contribution in [2.75, 3.05) is 0 Å². The Morgan fingerprint density at radius 2 is 2.16 bits per heavy atom. The summed E-state index contributed by atoms with van der Waals surface area (Å²) in [6.45, 7) is 2.74. The number of rotatable bonds is 4. The fraction of sp³-hybridized carbons (Fsp3) is 0.267. The first-order valence-electron chi connectivity index (χ1n) is 6.44. The van der Waals surface area contributed by atoms with E-state index in [1.54, 1.807) is 11.3 Å². The summed E-state index contributed by atoms with van der Waals surface area (Å²) in [6, 6.07) is 10.2. The molecule has 0 radical (unpaired) electrons. The van der Waals surface area contributed by atoms with Crippen LogP contribution in [0, 0.1) is 0 Å². The zero-order valence-corrected chi connectivity index (χ0v) is 11.6. The van der Waals surface area contributed by atoms with Gasteiger partial charge < -0.3 is 9.67 Å². The fourth-order valence-electron chi connectivity index (χ4n) is 2.13. The lowest BCUT2D eigenvalue weighted by Crippen LogP contribution is -1.97. The normalized spacial score (nSPS) is 12.9. The van der Waals surface area contributed by atoms with Crippen LogP contribution < -0.4 is 0 Å². The second kappa shape index (κ2) is 5.15. The molecule has 0 saturated heterocycles. The van der Waals surface area contributed by atoms with Crippen LogP contribution in [0.4, 0.5) is 0 Å².